The average Bonchev–Trinajstić information content (AvgIpc) is 2.34. The van der Waals surface area contributed by atoms with Crippen molar-refractivity contribution in [2.45, 2.75) is 29.7 Å². The highest BCUT2D eigenvalue weighted by atomic mass is 79.9. The normalized spacial score (nSPS) is 12.4. The second-order valence-electron chi connectivity index (χ2n) is 4.39. The zero-order valence-electron chi connectivity index (χ0n) is 10.5. The van der Waals surface area contributed by atoms with Gasteiger partial charge in [0.2, 0.25) is 0 Å². The third-order valence-electron chi connectivity index (χ3n) is 2.73. The summed E-state index contributed by atoms with van der Waals surface area (Å²) in [5.41, 5.74) is 8.31. The molecule has 94 valence electrons. The summed E-state index contributed by atoms with van der Waals surface area (Å²) in [6.07, 6.45) is 0. The van der Waals surface area contributed by atoms with Gasteiger partial charge in [0.15, 0.2) is 0 Å². The van der Waals surface area contributed by atoms with Crippen molar-refractivity contribution in [2.75, 3.05) is 0 Å². The van der Waals surface area contributed by atoms with Gasteiger partial charge in [0.05, 0.1) is 0 Å². The molecule has 0 aliphatic carbocycles. The minimum absolute atomic E-state index is 0.0692. The van der Waals surface area contributed by atoms with Crippen LogP contribution in [-0.2, 0) is 0 Å². The Morgan fingerprint density at radius 2 is 1.78 bits per heavy atom. The molecule has 1 atom stereocenters. The molecule has 1 nitrogen and oxygen atoms in total. The van der Waals surface area contributed by atoms with E-state index in [0.29, 0.717) is 0 Å². The quantitative estimate of drug-likeness (QED) is 0.867. The first-order chi connectivity index (χ1) is 8.56. The molecule has 2 aromatic carbocycles. The van der Waals surface area contributed by atoms with Crippen LogP contribution >= 0.6 is 27.7 Å². The third-order valence-corrected chi connectivity index (χ3v) is 4.73. The maximum absolute atomic E-state index is 5.87. The van der Waals surface area contributed by atoms with E-state index in [1.54, 1.807) is 11.8 Å². The summed E-state index contributed by atoms with van der Waals surface area (Å²) < 4.78 is 1.10. The molecule has 0 saturated carbocycles. The molecule has 0 aliphatic rings. The fourth-order valence-corrected chi connectivity index (χ4v) is 3.07. The maximum atomic E-state index is 5.87. The second-order valence-corrected chi connectivity index (χ2v) is 6.36. The number of halogens is 1. The van der Waals surface area contributed by atoms with E-state index in [-0.39, 0.29) is 6.04 Å². The number of rotatable bonds is 3. The molecular weight excluding hydrogens is 306 g/mol. The van der Waals surface area contributed by atoms with Crippen molar-refractivity contribution in [1.82, 2.24) is 0 Å². The summed E-state index contributed by atoms with van der Waals surface area (Å²) >= 11 is 5.37. The molecule has 18 heavy (non-hydrogen) atoms. The van der Waals surface area contributed by atoms with Crippen LogP contribution in [0.15, 0.2) is 56.7 Å². The molecular formula is C15H16BrNS. The van der Waals surface area contributed by atoms with Crippen molar-refractivity contribution in [3.8, 4) is 0 Å². The average molecular weight is 322 g/mol. The standard InChI is InChI=1S/C15H16BrNS/c1-10-3-6-13(7-4-10)18-15-8-5-12(11(2)17)9-14(15)16/h3-9,11H,17H2,1-2H3/t11-/m0/s1. The highest BCUT2D eigenvalue weighted by Crippen LogP contribution is 2.34. The lowest BCUT2D eigenvalue weighted by atomic mass is 10.1. The van der Waals surface area contributed by atoms with Gasteiger partial charge < -0.3 is 5.73 Å². The van der Waals surface area contributed by atoms with Gasteiger partial charge in [0, 0.05) is 20.3 Å². The zero-order valence-corrected chi connectivity index (χ0v) is 12.9. The Morgan fingerprint density at radius 3 is 2.33 bits per heavy atom. The predicted octanol–water partition coefficient (Wildman–Crippen LogP) is 4.93. The summed E-state index contributed by atoms with van der Waals surface area (Å²) in [4.78, 5) is 2.46. The molecule has 0 radical (unpaired) electrons. The smallest absolute Gasteiger partial charge is 0.0318 e. The van der Waals surface area contributed by atoms with Gasteiger partial charge in [0.1, 0.15) is 0 Å². The molecule has 0 aliphatic heterocycles. The van der Waals surface area contributed by atoms with E-state index in [1.807, 2.05) is 6.92 Å². The first kappa shape index (κ1) is 13.7. The molecule has 2 aromatic rings. The molecule has 3 heteroatoms. The Morgan fingerprint density at radius 1 is 1.11 bits per heavy atom. The van der Waals surface area contributed by atoms with Gasteiger partial charge in [-0.3, -0.25) is 0 Å². The molecule has 0 unspecified atom stereocenters. The maximum Gasteiger partial charge on any atom is 0.0318 e. The van der Waals surface area contributed by atoms with Crippen LogP contribution in [0.1, 0.15) is 24.1 Å². The highest BCUT2D eigenvalue weighted by molar-refractivity contribution is 9.10. The van der Waals surface area contributed by atoms with E-state index in [4.69, 9.17) is 5.73 Å². The van der Waals surface area contributed by atoms with Crippen LogP contribution in [0.2, 0.25) is 0 Å². The molecule has 0 saturated heterocycles. The fourth-order valence-electron chi connectivity index (χ4n) is 1.62. The Labute approximate surface area is 121 Å². The molecule has 0 spiro atoms. The Hall–Kier alpha value is -0.770. The summed E-state index contributed by atoms with van der Waals surface area (Å²) in [5.74, 6) is 0. The SMILES string of the molecule is Cc1ccc(Sc2ccc([C@H](C)N)cc2Br)cc1. The van der Waals surface area contributed by atoms with Crippen LogP contribution in [-0.4, -0.2) is 0 Å². The number of nitrogens with two attached hydrogens (primary N) is 1. The summed E-state index contributed by atoms with van der Waals surface area (Å²) in [7, 11) is 0. The lowest BCUT2D eigenvalue weighted by molar-refractivity contribution is 0.815. The number of aryl methyl sites for hydroxylation is 1. The second kappa shape index (κ2) is 5.91. The van der Waals surface area contributed by atoms with Gasteiger partial charge in [-0.1, -0.05) is 35.5 Å². The zero-order chi connectivity index (χ0) is 13.1. The number of hydrogen-bond acceptors (Lipinski definition) is 2. The predicted molar refractivity (Wildman–Crippen MR) is 82.0 cm³/mol. The van der Waals surface area contributed by atoms with Crippen molar-refractivity contribution < 1.29 is 0 Å². The fraction of sp³-hybridized carbons (Fsp3) is 0.200. The van der Waals surface area contributed by atoms with Gasteiger partial charge >= 0.3 is 0 Å². The first-order valence-corrected chi connectivity index (χ1v) is 7.47. The lowest BCUT2D eigenvalue weighted by Crippen LogP contribution is -2.04. The highest BCUT2D eigenvalue weighted by Gasteiger charge is 2.06. The minimum atomic E-state index is 0.0692. The minimum Gasteiger partial charge on any atom is -0.324 e. The van der Waals surface area contributed by atoms with E-state index in [2.05, 4.69) is 65.3 Å². The number of hydrogen-bond donors (Lipinski definition) is 1. The van der Waals surface area contributed by atoms with Crippen LogP contribution in [0.3, 0.4) is 0 Å². The van der Waals surface area contributed by atoms with E-state index < -0.39 is 0 Å². The Kier molecular flexibility index (Phi) is 4.49. The van der Waals surface area contributed by atoms with Gasteiger partial charge in [-0.25, -0.2) is 0 Å². The van der Waals surface area contributed by atoms with Crippen molar-refractivity contribution in [3.05, 3.63) is 58.1 Å². The Balaban J connectivity index is 2.22. The van der Waals surface area contributed by atoms with Crippen molar-refractivity contribution in [3.63, 3.8) is 0 Å². The van der Waals surface area contributed by atoms with Crippen LogP contribution in [0.25, 0.3) is 0 Å². The summed E-state index contributed by atoms with van der Waals surface area (Å²) in [6, 6.07) is 14.9. The van der Waals surface area contributed by atoms with Crippen LogP contribution in [0.5, 0.6) is 0 Å². The Bertz CT molecular complexity index is 535. The van der Waals surface area contributed by atoms with E-state index in [1.165, 1.54) is 15.4 Å². The summed E-state index contributed by atoms with van der Waals surface area (Å²) in [6.45, 7) is 4.09. The first-order valence-electron chi connectivity index (χ1n) is 5.86. The van der Waals surface area contributed by atoms with Crippen LogP contribution in [0, 0.1) is 6.92 Å². The topological polar surface area (TPSA) is 26.0 Å². The van der Waals surface area contributed by atoms with E-state index in [9.17, 15) is 0 Å². The van der Waals surface area contributed by atoms with Crippen LogP contribution in [0.4, 0.5) is 0 Å². The molecule has 0 heterocycles. The van der Waals surface area contributed by atoms with Crippen molar-refractivity contribution >= 4 is 27.7 Å². The summed E-state index contributed by atoms with van der Waals surface area (Å²) in [5, 5.41) is 0. The molecule has 0 aromatic heterocycles. The molecule has 0 amide bonds. The molecule has 0 bridgehead atoms. The monoisotopic (exact) mass is 321 g/mol. The van der Waals surface area contributed by atoms with Gasteiger partial charge in [-0.05, 0) is 59.6 Å². The molecule has 0 fully saturated rings. The van der Waals surface area contributed by atoms with Gasteiger partial charge in [-0.2, -0.15) is 0 Å². The van der Waals surface area contributed by atoms with Gasteiger partial charge in [0.25, 0.3) is 0 Å². The van der Waals surface area contributed by atoms with Crippen molar-refractivity contribution in [2.24, 2.45) is 5.73 Å². The third kappa shape index (κ3) is 3.37. The van der Waals surface area contributed by atoms with Crippen LogP contribution < -0.4 is 5.73 Å². The van der Waals surface area contributed by atoms with E-state index >= 15 is 0 Å². The largest absolute Gasteiger partial charge is 0.324 e. The van der Waals surface area contributed by atoms with Crippen molar-refractivity contribution in [1.29, 1.82) is 0 Å². The lowest BCUT2D eigenvalue weighted by Gasteiger charge is -2.09. The molecule has 2 N–H and O–H groups in total. The van der Waals surface area contributed by atoms with Gasteiger partial charge in [-0.15, -0.1) is 0 Å². The number of benzene rings is 2. The van der Waals surface area contributed by atoms with E-state index in [0.717, 1.165) is 10.0 Å². The molecule has 2 rings (SSSR count).